The molecule has 0 spiro atoms. The molecule has 1 atom stereocenters. The fourth-order valence-corrected chi connectivity index (χ4v) is 6.58. The molecule has 0 fully saturated rings. The Labute approximate surface area is 214 Å². The first-order chi connectivity index (χ1) is 16.6. The van der Waals surface area contributed by atoms with Crippen LogP contribution in [0.4, 0.5) is 5.00 Å². The molecule has 2 aromatic heterocycles. The van der Waals surface area contributed by atoms with Gasteiger partial charge in [-0.15, -0.1) is 28.1 Å². The lowest BCUT2D eigenvalue weighted by atomic mass is 10.2. The van der Waals surface area contributed by atoms with Gasteiger partial charge in [-0.25, -0.2) is 8.42 Å². The minimum Gasteiger partial charge on any atom is -0.316 e. The molecule has 0 radical (unpaired) electrons. The Bertz CT molecular complexity index is 1380. The zero-order chi connectivity index (χ0) is 25.8. The second-order valence-electron chi connectivity index (χ2n) is 7.97. The number of sulfone groups is 1. The summed E-state index contributed by atoms with van der Waals surface area (Å²) in [6.45, 7) is 11.6. The zero-order valence-electron chi connectivity index (χ0n) is 20.0. The van der Waals surface area contributed by atoms with Crippen molar-refractivity contribution >= 4 is 43.8 Å². The van der Waals surface area contributed by atoms with Crippen LogP contribution in [0.1, 0.15) is 40.7 Å². The van der Waals surface area contributed by atoms with Crippen LogP contribution < -0.4 is 5.32 Å². The highest BCUT2D eigenvalue weighted by atomic mass is 32.2. The summed E-state index contributed by atoms with van der Waals surface area (Å²) >= 11 is 2.58. The number of thiophene rings is 1. The topological polar surface area (TPSA) is 118 Å². The largest absolute Gasteiger partial charge is 0.316 e. The van der Waals surface area contributed by atoms with Crippen LogP contribution in [0, 0.1) is 32.1 Å². The number of allylic oxidation sites excluding steroid dienone is 1. The first-order valence-corrected chi connectivity index (χ1v) is 14.3. The highest BCUT2D eigenvalue weighted by Gasteiger charge is 2.26. The van der Waals surface area contributed by atoms with Crippen molar-refractivity contribution in [1.82, 2.24) is 14.8 Å². The van der Waals surface area contributed by atoms with Crippen LogP contribution in [-0.2, 0) is 26.9 Å². The fraction of sp³-hybridized carbons (Fsp3) is 0.333. The Morgan fingerprint density at radius 2 is 1.97 bits per heavy atom. The summed E-state index contributed by atoms with van der Waals surface area (Å²) in [6.07, 6.45) is 2.13. The number of carbonyl (C=O) groups is 1. The van der Waals surface area contributed by atoms with E-state index in [1.807, 2.05) is 27.7 Å². The first kappa shape index (κ1) is 26.7. The van der Waals surface area contributed by atoms with Gasteiger partial charge in [0.15, 0.2) is 15.0 Å². The van der Waals surface area contributed by atoms with Crippen LogP contribution in [0.25, 0.3) is 0 Å². The van der Waals surface area contributed by atoms with E-state index in [-0.39, 0.29) is 22.4 Å². The lowest BCUT2D eigenvalue weighted by Gasteiger charge is -2.15. The number of nitrogens with zero attached hydrogens (tertiary/aromatic N) is 4. The van der Waals surface area contributed by atoms with Crippen LogP contribution >= 0.6 is 23.1 Å². The van der Waals surface area contributed by atoms with E-state index in [9.17, 15) is 18.5 Å². The Morgan fingerprint density at radius 1 is 1.29 bits per heavy atom. The second-order valence-corrected chi connectivity index (χ2v) is 12.4. The molecule has 0 bridgehead atoms. The number of carbonyl (C=O) groups excluding carboxylic acids is 1. The Morgan fingerprint density at radius 3 is 2.57 bits per heavy atom. The summed E-state index contributed by atoms with van der Waals surface area (Å²) in [5.41, 5.74) is 2.30. The number of nitrogens with one attached hydrogen (secondary N) is 1. The molecule has 8 nitrogen and oxygen atoms in total. The Balaban J connectivity index is 1.83. The quantitative estimate of drug-likeness (QED) is 0.296. The molecule has 0 saturated carbocycles. The van der Waals surface area contributed by atoms with E-state index in [2.05, 4.69) is 28.2 Å². The molecule has 2 heterocycles. The van der Waals surface area contributed by atoms with Gasteiger partial charge in [-0.2, -0.15) is 5.26 Å². The number of thioether (sulfide) groups is 1. The molecule has 3 aromatic rings. The van der Waals surface area contributed by atoms with Crippen LogP contribution in [0.5, 0.6) is 0 Å². The van der Waals surface area contributed by atoms with Gasteiger partial charge in [-0.3, -0.25) is 4.79 Å². The van der Waals surface area contributed by atoms with Gasteiger partial charge in [0.25, 0.3) is 0 Å². The summed E-state index contributed by atoms with van der Waals surface area (Å²) in [4.78, 5) is 14.2. The Kier molecular flexibility index (Phi) is 8.53. The lowest BCUT2D eigenvalue weighted by molar-refractivity contribution is -0.115. The highest BCUT2D eigenvalue weighted by Crippen LogP contribution is 2.33. The number of amides is 1. The van der Waals surface area contributed by atoms with Gasteiger partial charge < -0.3 is 9.88 Å². The van der Waals surface area contributed by atoms with E-state index in [0.29, 0.717) is 28.7 Å². The lowest BCUT2D eigenvalue weighted by Crippen LogP contribution is -2.25. The molecule has 0 aliphatic heterocycles. The van der Waals surface area contributed by atoms with E-state index >= 15 is 0 Å². The minimum absolute atomic E-state index is 0.214. The number of rotatable bonds is 10. The van der Waals surface area contributed by atoms with Crippen molar-refractivity contribution in [2.45, 2.75) is 61.7 Å². The smallest absolute Gasteiger partial charge is 0.238 e. The van der Waals surface area contributed by atoms with Gasteiger partial charge >= 0.3 is 0 Å². The first-order valence-electron chi connectivity index (χ1n) is 10.9. The summed E-state index contributed by atoms with van der Waals surface area (Å²) < 4.78 is 27.6. The number of benzene rings is 1. The SMILES string of the molecule is C=CCn1c(CS(=O)(=O)c2ccc(C)cc2)nnc1SC(CC)C(=O)Nc1sc(C)c(C)c1C#N. The maximum Gasteiger partial charge on any atom is 0.238 e. The molecule has 184 valence electrons. The van der Waals surface area contributed by atoms with E-state index in [0.717, 1.165) is 16.0 Å². The minimum atomic E-state index is -3.63. The van der Waals surface area contributed by atoms with Crippen molar-refractivity contribution in [2.24, 2.45) is 0 Å². The molecule has 0 aliphatic rings. The van der Waals surface area contributed by atoms with E-state index in [4.69, 9.17) is 0 Å². The molecule has 1 amide bonds. The van der Waals surface area contributed by atoms with Crippen LogP contribution in [0.15, 0.2) is 47.0 Å². The molecule has 3 rings (SSSR count). The third kappa shape index (κ3) is 6.01. The van der Waals surface area contributed by atoms with Crippen molar-refractivity contribution in [3.8, 4) is 6.07 Å². The summed E-state index contributed by atoms with van der Waals surface area (Å²) in [7, 11) is -3.63. The average molecular weight is 530 g/mol. The molecule has 1 unspecified atom stereocenters. The molecule has 1 N–H and O–H groups in total. The van der Waals surface area contributed by atoms with Gasteiger partial charge in [0.05, 0.1) is 15.7 Å². The van der Waals surface area contributed by atoms with Crippen LogP contribution in [0.2, 0.25) is 0 Å². The van der Waals surface area contributed by atoms with Crippen molar-refractivity contribution in [3.05, 3.63) is 64.3 Å². The van der Waals surface area contributed by atoms with Gasteiger partial charge in [0, 0.05) is 11.4 Å². The normalized spacial score (nSPS) is 12.2. The number of nitriles is 1. The third-order valence-electron chi connectivity index (χ3n) is 5.45. The number of aryl methyl sites for hydroxylation is 2. The van der Waals surface area contributed by atoms with Gasteiger partial charge in [0.1, 0.15) is 22.6 Å². The van der Waals surface area contributed by atoms with Gasteiger partial charge in [-0.1, -0.05) is 42.5 Å². The highest BCUT2D eigenvalue weighted by molar-refractivity contribution is 8.00. The number of aromatic nitrogens is 3. The molecular weight excluding hydrogens is 502 g/mol. The van der Waals surface area contributed by atoms with Crippen molar-refractivity contribution in [1.29, 1.82) is 5.26 Å². The van der Waals surface area contributed by atoms with Crippen molar-refractivity contribution in [2.75, 3.05) is 5.32 Å². The van der Waals surface area contributed by atoms with Gasteiger partial charge in [0.2, 0.25) is 5.91 Å². The third-order valence-corrected chi connectivity index (χ3v) is 9.55. The second kappa shape index (κ2) is 11.2. The molecular formula is C24H27N5O3S3. The monoisotopic (exact) mass is 529 g/mol. The standard InChI is InChI=1S/C24H27N5O3S3/c1-6-12-29-21(14-35(31,32)18-10-8-15(3)9-11-18)27-28-24(29)34-20(7-2)22(30)26-23-19(13-25)16(4)17(5)33-23/h6,8-11,20H,1,7,12,14H2,2-5H3,(H,26,30). The maximum atomic E-state index is 13.0. The number of hydrogen-bond acceptors (Lipinski definition) is 8. The van der Waals surface area contributed by atoms with Crippen LogP contribution in [-0.4, -0.2) is 34.3 Å². The zero-order valence-corrected chi connectivity index (χ0v) is 22.5. The van der Waals surface area contributed by atoms with Crippen LogP contribution in [0.3, 0.4) is 0 Å². The van der Waals surface area contributed by atoms with Crippen molar-refractivity contribution < 1.29 is 13.2 Å². The number of anilines is 1. The molecule has 1 aromatic carbocycles. The fourth-order valence-electron chi connectivity index (χ4n) is 3.32. The van der Waals surface area contributed by atoms with E-state index < -0.39 is 15.1 Å². The molecule has 0 aliphatic carbocycles. The summed E-state index contributed by atoms with van der Waals surface area (Å²) in [5.74, 6) is -0.295. The molecule has 11 heteroatoms. The average Bonchev–Trinajstić information content (AvgIpc) is 3.30. The maximum absolute atomic E-state index is 13.0. The summed E-state index contributed by atoms with van der Waals surface area (Å²) in [6, 6.07) is 8.82. The predicted octanol–water partition coefficient (Wildman–Crippen LogP) is 4.81. The Hall–Kier alpha value is -2.94. The predicted molar refractivity (Wildman–Crippen MR) is 139 cm³/mol. The summed E-state index contributed by atoms with van der Waals surface area (Å²) in [5, 5.41) is 21.1. The number of hydrogen-bond donors (Lipinski definition) is 1. The van der Waals surface area contributed by atoms with E-state index in [1.165, 1.54) is 23.1 Å². The van der Waals surface area contributed by atoms with E-state index in [1.54, 1.807) is 34.9 Å². The molecule has 0 saturated heterocycles. The van der Waals surface area contributed by atoms with Gasteiger partial charge in [-0.05, 0) is 44.9 Å². The molecule has 35 heavy (non-hydrogen) atoms. The van der Waals surface area contributed by atoms with Crippen molar-refractivity contribution in [3.63, 3.8) is 0 Å².